The van der Waals surface area contributed by atoms with Crippen LogP contribution in [0.25, 0.3) is 0 Å². The van der Waals surface area contributed by atoms with Crippen LogP contribution in [0.15, 0.2) is 0 Å². The third-order valence-corrected chi connectivity index (χ3v) is 33.3. The van der Waals surface area contributed by atoms with Crippen molar-refractivity contribution in [1.82, 2.24) is 0 Å². The van der Waals surface area contributed by atoms with E-state index in [4.69, 9.17) is 37.0 Å². The smallest absolute Gasteiger partial charge is 0.395 e. The molecule has 3 aliphatic heterocycles. The Hall–Kier alpha value is 1.16. The van der Waals surface area contributed by atoms with Crippen molar-refractivity contribution in [2.24, 2.45) is 0 Å². The fourth-order valence-electron chi connectivity index (χ4n) is 4.00. The average Bonchev–Trinajstić information content (AvgIpc) is 2.11. The second-order valence-corrected chi connectivity index (χ2v) is 31.2. The van der Waals surface area contributed by atoms with Gasteiger partial charge in [-0.1, -0.05) is 0 Å². The summed E-state index contributed by atoms with van der Waals surface area (Å²) >= 11 is 0. The van der Waals surface area contributed by atoms with Crippen molar-refractivity contribution in [3.05, 3.63) is 0 Å². The largest absolute Gasteiger partial charge is 0.475 e. The summed E-state index contributed by atoms with van der Waals surface area (Å²) in [6.07, 6.45) is 0. The maximum atomic E-state index is 6.44. The van der Waals surface area contributed by atoms with Crippen LogP contribution in [0.1, 0.15) is 0 Å². The molecule has 0 amide bonds. The minimum absolute atomic E-state index is 1.82. The first kappa shape index (κ1) is 21.9. The van der Waals surface area contributed by atoms with Gasteiger partial charge >= 0.3 is 60.9 Å². The van der Waals surface area contributed by atoms with Gasteiger partial charge in [-0.25, -0.2) is 0 Å². The van der Waals surface area contributed by atoms with E-state index in [2.05, 4.69) is 0 Å². The lowest BCUT2D eigenvalue weighted by Gasteiger charge is -2.55. The molecule has 3 aliphatic rings. The molecule has 3 fully saturated rings. The molecule has 0 aromatic heterocycles. The molecule has 9 nitrogen and oxygen atoms in total. The Morgan fingerprint density at radius 1 is 0.269 bits per heavy atom. The second-order valence-electron chi connectivity index (χ2n) is 8.57. The van der Waals surface area contributed by atoms with Crippen LogP contribution in [0.3, 0.4) is 0 Å². The van der Waals surface area contributed by atoms with Gasteiger partial charge < -0.3 is 37.0 Å². The first-order chi connectivity index (χ1) is 11.4. The maximum Gasteiger partial charge on any atom is 0.475 e. The third kappa shape index (κ3) is 4.83. The van der Waals surface area contributed by atoms with Crippen LogP contribution in [-0.4, -0.2) is 60.9 Å². The normalized spacial score (nSPS) is 50.1. The number of rotatable bonds is 0. The van der Waals surface area contributed by atoms with Crippen molar-refractivity contribution in [3.63, 3.8) is 0 Å². The lowest BCUT2D eigenvalue weighted by atomic mass is 11.9. The first-order valence-corrected chi connectivity index (χ1v) is 26.0. The molecule has 0 saturated carbocycles. The van der Waals surface area contributed by atoms with Crippen molar-refractivity contribution in [2.75, 3.05) is 0 Å². The van der Waals surface area contributed by atoms with E-state index >= 15 is 0 Å². The molecule has 0 N–H and O–H groups in total. The van der Waals surface area contributed by atoms with Gasteiger partial charge in [-0.2, -0.15) is 0 Å². The molecule has 26 heavy (non-hydrogen) atoms. The van der Waals surface area contributed by atoms with Crippen molar-refractivity contribution in [2.45, 2.75) is 65.5 Å². The van der Waals surface area contributed by atoms with Crippen molar-refractivity contribution >= 4 is 60.9 Å². The van der Waals surface area contributed by atoms with Gasteiger partial charge in [-0.15, -0.1) is 0 Å². The molecule has 152 valence electrons. The Morgan fingerprint density at radius 3 is 0.615 bits per heavy atom. The summed E-state index contributed by atoms with van der Waals surface area (Å²) in [5.41, 5.74) is 0. The van der Waals surface area contributed by atoms with Gasteiger partial charge in [0.25, 0.3) is 0 Å². The summed E-state index contributed by atoms with van der Waals surface area (Å²) in [4.78, 5) is 0. The van der Waals surface area contributed by atoms with Gasteiger partial charge in [0.05, 0.1) is 0 Å². The minimum Gasteiger partial charge on any atom is -0.395 e. The summed E-state index contributed by atoms with van der Waals surface area (Å²) in [6.45, 7) is 19.1. The van der Waals surface area contributed by atoms with Crippen molar-refractivity contribution < 1.29 is 37.0 Å². The second kappa shape index (κ2) is 6.09. The molecule has 0 aliphatic carbocycles. The SMILES string of the molecule is C[Si]1(C)O[Si]2(C)O[Si](C)(C)O[Si]3(C)O[Si](C)(C)O[Si](C)(O1)O[Si](C)(O2)O3. The molecular weight excluding hydrogens is 461 g/mol. The zero-order valence-corrected chi connectivity index (χ0v) is 24.2. The van der Waals surface area contributed by atoms with Crippen molar-refractivity contribution in [1.29, 1.82) is 0 Å². The van der Waals surface area contributed by atoms with E-state index in [0.717, 1.165) is 0 Å². The Morgan fingerprint density at radius 2 is 0.423 bits per heavy atom. The summed E-state index contributed by atoms with van der Waals surface area (Å²) in [7, 11) is -20.6. The van der Waals surface area contributed by atoms with E-state index in [-0.39, 0.29) is 0 Å². The zero-order chi connectivity index (χ0) is 19.9. The van der Waals surface area contributed by atoms with Gasteiger partial charge in [0.15, 0.2) is 0 Å². The van der Waals surface area contributed by atoms with Crippen molar-refractivity contribution in [3.8, 4) is 0 Å². The molecule has 0 atom stereocenters. The summed E-state index contributed by atoms with van der Waals surface area (Å²) in [5.74, 6) is 0. The molecule has 3 heterocycles. The van der Waals surface area contributed by atoms with Gasteiger partial charge in [-0.3, -0.25) is 0 Å². The average molecular weight is 491 g/mol. The Balaban J connectivity index is 2.17. The fraction of sp³-hybridized carbons (Fsp3) is 1.00. The molecule has 0 radical (unpaired) electrons. The standard InChI is InChI=1S/C10H30O9Si7/c1-20(2)11-23(7)13-21(3,4)15-25(9)16-22(5,6)14-24(8,12-20)18-26(10,17-23)19-25/h1-10H3. The third-order valence-electron chi connectivity index (χ3n) is 3.70. The lowest BCUT2D eigenvalue weighted by molar-refractivity contribution is 0.0584. The van der Waals surface area contributed by atoms with Crippen LogP contribution >= 0.6 is 0 Å². The molecule has 0 spiro atoms. The van der Waals surface area contributed by atoms with E-state index in [0.29, 0.717) is 0 Å². The van der Waals surface area contributed by atoms with Crippen LogP contribution in [-0.2, 0) is 37.0 Å². The number of hydrogen-bond donors (Lipinski definition) is 0. The molecule has 3 saturated heterocycles. The van der Waals surface area contributed by atoms with E-state index in [1.165, 1.54) is 0 Å². The van der Waals surface area contributed by atoms with Crippen LogP contribution in [0.2, 0.25) is 65.5 Å². The van der Waals surface area contributed by atoms with Gasteiger partial charge in [0.2, 0.25) is 0 Å². The predicted molar refractivity (Wildman–Crippen MR) is 109 cm³/mol. The quantitative estimate of drug-likeness (QED) is 0.476. The highest BCUT2D eigenvalue weighted by Gasteiger charge is 2.69. The highest BCUT2D eigenvalue weighted by atomic mass is 28.6. The first-order valence-electron chi connectivity index (χ1n) is 8.67. The molecule has 0 unspecified atom stereocenters. The van der Waals surface area contributed by atoms with Crippen LogP contribution in [0, 0.1) is 0 Å². The number of hydrogen-bond acceptors (Lipinski definition) is 9. The Kier molecular flexibility index (Phi) is 5.12. The molecular formula is C10H30O9Si7. The van der Waals surface area contributed by atoms with E-state index in [1.54, 1.807) is 0 Å². The molecule has 0 aromatic carbocycles. The summed E-state index contributed by atoms with van der Waals surface area (Å²) in [6, 6.07) is 0. The Labute approximate surface area is 163 Å². The maximum absolute atomic E-state index is 6.44. The predicted octanol–water partition coefficient (Wildman–Crippen LogP) is 2.56. The molecule has 3 rings (SSSR count). The molecule has 0 aromatic rings. The highest BCUT2D eigenvalue weighted by molar-refractivity contribution is 6.98. The molecule has 4 bridgehead atoms. The monoisotopic (exact) mass is 490 g/mol. The van der Waals surface area contributed by atoms with Crippen LogP contribution < -0.4 is 0 Å². The Bertz CT molecular complexity index is 497. The lowest BCUT2D eigenvalue weighted by Crippen LogP contribution is -2.78. The summed E-state index contributed by atoms with van der Waals surface area (Å²) < 4.78 is 57.8. The number of fused-ring (bicyclic) bond motifs is 3. The minimum atomic E-state index is -3.25. The van der Waals surface area contributed by atoms with Crippen LogP contribution in [0.5, 0.6) is 0 Å². The summed E-state index contributed by atoms with van der Waals surface area (Å²) in [5, 5.41) is 0. The van der Waals surface area contributed by atoms with E-state index in [9.17, 15) is 0 Å². The zero-order valence-electron chi connectivity index (χ0n) is 17.2. The highest BCUT2D eigenvalue weighted by Crippen LogP contribution is 2.41. The topological polar surface area (TPSA) is 83.1 Å². The van der Waals surface area contributed by atoms with Crippen LogP contribution in [0.4, 0.5) is 0 Å². The van der Waals surface area contributed by atoms with E-state index < -0.39 is 60.9 Å². The van der Waals surface area contributed by atoms with E-state index in [1.807, 2.05) is 65.5 Å². The van der Waals surface area contributed by atoms with Gasteiger partial charge in [0.1, 0.15) is 0 Å². The fourth-order valence-corrected chi connectivity index (χ4v) is 41.6. The van der Waals surface area contributed by atoms with Gasteiger partial charge in [0, 0.05) is 26.2 Å². The molecule has 16 heteroatoms. The van der Waals surface area contributed by atoms with Gasteiger partial charge in [-0.05, 0) is 39.3 Å².